The van der Waals surface area contributed by atoms with Crippen molar-refractivity contribution in [2.75, 3.05) is 20.1 Å². The molecule has 0 saturated carbocycles. The van der Waals surface area contributed by atoms with Crippen molar-refractivity contribution in [3.8, 4) is 0 Å². The molecule has 1 heterocycles. The molecule has 0 bridgehead atoms. The molecular weight excluding hydrogens is 240 g/mol. The normalized spacial score (nSPS) is 20.1. The minimum atomic E-state index is -0.261. The van der Waals surface area contributed by atoms with Crippen LogP contribution in [0.15, 0.2) is 36.0 Å². The molecule has 1 rings (SSSR count). The zero-order valence-electron chi connectivity index (χ0n) is 11.7. The van der Waals surface area contributed by atoms with Gasteiger partial charge in [-0.2, -0.15) is 0 Å². The van der Waals surface area contributed by atoms with Crippen LogP contribution in [-0.4, -0.2) is 43.3 Å². The van der Waals surface area contributed by atoms with Crippen LogP contribution in [0, 0.1) is 0 Å². The van der Waals surface area contributed by atoms with Gasteiger partial charge >= 0.3 is 0 Å². The van der Waals surface area contributed by atoms with Crippen LogP contribution in [0.4, 0.5) is 0 Å². The maximum atomic E-state index is 11.9. The first-order valence-corrected chi connectivity index (χ1v) is 6.53. The van der Waals surface area contributed by atoms with Gasteiger partial charge in [0.25, 0.3) is 0 Å². The highest BCUT2D eigenvalue weighted by Crippen LogP contribution is 2.24. The predicted octanol–water partition coefficient (Wildman–Crippen LogP) is 1.45. The van der Waals surface area contributed by atoms with E-state index in [0.717, 1.165) is 17.4 Å². The molecule has 1 aliphatic heterocycles. The quantitative estimate of drug-likeness (QED) is 0.737. The molecule has 0 aromatic carbocycles. The van der Waals surface area contributed by atoms with Gasteiger partial charge in [-0.3, -0.25) is 9.69 Å². The van der Waals surface area contributed by atoms with Crippen LogP contribution in [0.3, 0.4) is 0 Å². The number of hydrogen-bond donors (Lipinski definition) is 1. The molecule has 0 aromatic heterocycles. The lowest BCUT2D eigenvalue weighted by molar-refractivity contribution is -0.125. The number of carbonyl (C=O) groups excluding carboxylic acids is 2. The van der Waals surface area contributed by atoms with E-state index in [1.807, 2.05) is 25.2 Å². The molecule has 0 radical (unpaired) electrons. The first-order chi connectivity index (χ1) is 9.13. The van der Waals surface area contributed by atoms with Gasteiger partial charge in [-0.05, 0) is 24.5 Å². The number of nitrogens with zero attached hydrogens (tertiary/aromatic N) is 1. The molecule has 0 aliphatic carbocycles. The molecule has 1 unspecified atom stereocenters. The van der Waals surface area contributed by atoms with Gasteiger partial charge in [0.15, 0.2) is 0 Å². The summed E-state index contributed by atoms with van der Waals surface area (Å²) < 4.78 is 0. The molecule has 1 aliphatic rings. The molecule has 1 N–H and O–H groups in total. The summed E-state index contributed by atoms with van der Waals surface area (Å²) in [6.07, 6.45) is 7.78. The van der Waals surface area contributed by atoms with Crippen molar-refractivity contribution in [1.29, 1.82) is 0 Å². The lowest BCUT2D eigenvalue weighted by Gasteiger charge is -2.24. The minimum Gasteiger partial charge on any atom is -0.358 e. The Kier molecular flexibility index (Phi) is 6.22. The maximum absolute atomic E-state index is 11.9. The van der Waals surface area contributed by atoms with Crippen LogP contribution in [0.5, 0.6) is 0 Å². The number of likely N-dealkylation sites (tertiary alicyclic amines) is 1. The van der Waals surface area contributed by atoms with E-state index in [1.165, 1.54) is 0 Å². The van der Waals surface area contributed by atoms with Crippen molar-refractivity contribution in [2.45, 2.75) is 25.8 Å². The van der Waals surface area contributed by atoms with Crippen LogP contribution < -0.4 is 5.32 Å². The Hall–Kier alpha value is -1.68. The summed E-state index contributed by atoms with van der Waals surface area (Å²) in [6.45, 7) is 7.39. The van der Waals surface area contributed by atoms with Crippen molar-refractivity contribution in [2.24, 2.45) is 0 Å². The van der Waals surface area contributed by atoms with Gasteiger partial charge in [0, 0.05) is 26.6 Å². The van der Waals surface area contributed by atoms with Crippen LogP contribution in [0.25, 0.3) is 0 Å². The highest BCUT2D eigenvalue weighted by Gasteiger charge is 2.30. The van der Waals surface area contributed by atoms with E-state index in [1.54, 1.807) is 7.05 Å². The van der Waals surface area contributed by atoms with Gasteiger partial charge in [0.2, 0.25) is 5.91 Å². The average Bonchev–Trinajstić information content (AvgIpc) is 2.77. The number of aldehydes is 1. The van der Waals surface area contributed by atoms with Crippen molar-refractivity contribution >= 4 is 12.2 Å². The highest BCUT2D eigenvalue weighted by atomic mass is 16.2. The lowest BCUT2D eigenvalue weighted by atomic mass is 10.1. The van der Waals surface area contributed by atoms with E-state index < -0.39 is 0 Å². The van der Waals surface area contributed by atoms with E-state index in [9.17, 15) is 9.59 Å². The summed E-state index contributed by atoms with van der Waals surface area (Å²) in [5, 5.41) is 2.66. The second kappa shape index (κ2) is 7.69. The molecule has 1 fully saturated rings. The number of carbonyl (C=O) groups is 2. The Morgan fingerprint density at radius 1 is 1.53 bits per heavy atom. The fourth-order valence-electron chi connectivity index (χ4n) is 2.21. The first kappa shape index (κ1) is 15.4. The summed E-state index contributed by atoms with van der Waals surface area (Å²) >= 11 is 0. The van der Waals surface area contributed by atoms with Crippen molar-refractivity contribution < 1.29 is 9.59 Å². The summed E-state index contributed by atoms with van der Waals surface area (Å²) in [5.74, 6) is -0.0399. The van der Waals surface area contributed by atoms with Gasteiger partial charge < -0.3 is 10.1 Å². The summed E-state index contributed by atoms with van der Waals surface area (Å²) in [7, 11) is 1.62. The fraction of sp³-hybridized carbons (Fsp3) is 0.467. The topological polar surface area (TPSA) is 49.4 Å². The molecule has 4 nitrogen and oxygen atoms in total. The van der Waals surface area contributed by atoms with E-state index in [4.69, 9.17) is 0 Å². The Morgan fingerprint density at radius 2 is 2.26 bits per heavy atom. The number of hydrogen-bond acceptors (Lipinski definition) is 3. The molecular formula is C15H22N2O2. The van der Waals surface area contributed by atoms with E-state index >= 15 is 0 Å². The average molecular weight is 262 g/mol. The molecule has 19 heavy (non-hydrogen) atoms. The number of amides is 1. The Bertz CT molecular complexity index is 410. The molecule has 1 saturated heterocycles. The van der Waals surface area contributed by atoms with Crippen molar-refractivity contribution in [3.63, 3.8) is 0 Å². The van der Waals surface area contributed by atoms with Gasteiger partial charge in [0.1, 0.15) is 6.29 Å². The minimum absolute atomic E-state index is 0.0399. The SMILES string of the molecule is C=C1CN(C(CCC=O)C(=O)NC)C/C1=C/C=C\C. The molecule has 0 spiro atoms. The van der Waals surface area contributed by atoms with Crippen LogP contribution in [0.1, 0.15) is 19.8 Å². The third-order valence-electron chi connectivity index (χ3n) is 3.26. The smallest absolute Gasteiger partial charge is 0.237 e. The summed E-state index contributed by atoms with van der Waals surface area (Å²) in [5.41, 5.74) is 2.19. The van der Waals surface area contributed by atoms with Crippen LogP contribution in [-0.2, 0) is 9.59 Å². The molecule has 4 heteroatoms. The number of likely N-dealkylation sites (N-methyl/N-ethyl adjacent to an activating group) is 1. The predicted molar refractivity (Wildman–Crippen MR) is 76.8 cm³/mol. The first-order valence-electron chi connectivity index (χ1n) is 6.53. The Balaban J connectivity index is 2.79. The number of nitrogens with one attached hydrogen (secondary N) is 1. The zero-order chi connectivity index (χ0) is 14.3. The molecule has 1 amide bonds. The summed E-state index contributed by atoms with van der Waals surface area (Å²) in [4.78, 5) is 24.5. The number of rotatable bonds is 6. The summed E-state index contributed by atoms with van der Waals surface area (Å²) in [6, 6.07) is -0.261. The Labute approximate surface area is 114 Å². The largest absolute Gasteiger partial charge is 0.358 e. The third kappa shape index (κ3) is 4.17. The molecule has 0 aromatic rings. The zero-order valence-corrected chi connectivity index (χ0v) is 11.7. The van der Waals surface area contributed by atoms with Crippen LogP contribution >= 0.6 is 0 Å². The van der Waals surface area contributed by atoms with Gasteiger partial charge in [-0.1, -0.05) is 24.8 Å². The molecule has 1 atom stereocenters. The van der Waals surface area contributed by atoms with E-state index in [-0.39, 0.29) is 11.9 Å². The van der Waals surface area contributed by atoms with Gasteiger partial charge in [-0.15, -0.1) is 0 Å². The maximum Gasteiger partial charge on any atom is 0.237 e. The second-order valence-corrected chi connectivity index (χ2v) is 4.60. The van der Waals surface area contributed by atoms with Crippen LogP contribution in [0.2, 0.25) is 0 Å². The molecule has 104 valence electrons. The third-order valence-corrected chi connectivity index (χ3v) is 3.26. The number of allylic oxidation sites excluding steroid dienone is 3. The second-order valence-electron chi connectivity index (χ2n) is 4.60. The van der Waals surface area contributed by atoms with Crippen molar-refractivity contribution in [1.82, 2.24) is 10.2 Å². The van der Waals surface area contributed by atoms with E-state index in [0.29, 0.717) is 25.9 Å². The monoisotopic (exact) mass is 262 g/mol. The standard InChI is InChI=1S/C15H22N2O2/c1-4-5-7-13-11-17(10-12(13)2)14(8-6-9-18)15(19)16-3/h4-5,7,9,14H,2,6,8,10-11H2,1,3H3,(H,16,19)/b5-4-,13-7-. The highest BCUT2D eigenvalue weighted by molar-refractivity contribution is 5.82. The van der Waals surface area contributed by atoms with Gasteiger partial charge in [0.05, 0.1) is 6.04 Å². The Morgan fingerprint density at radius 3 is 2.84 bits per heavy atom. The lowest BCUT2D eigenvalue weighted by Crippen LogP contribution is -2.44. The van der Waals surface area contributed by atoms with Gasteiger partial charge in [-0.25, -0.2) is 0 Å². The van der Waals surface area contributed by atoms with Crippen molar-refractivity contribution in [3.05, 3.63) is 36.0 Å². The van der Waals surface area contributed by atoms with E-state index in [2.05, 4.69) is 16.8 Å². The fourth-order valence-corrected chi connectivity index (χ4v) is 2.21.